The number of ether oxygens (including phenoxy) is 3. The fraction of sp³-hybridized carbons (Fsp3) is 0.217. The van der Waals surface area contributed by atoms with Gasteiger partial charge in [0.25, 0.3) is 0 Å². The van der Waals surface area contributed by atoms with Gasteiger partial charge in [-0.2, -0.15) is 5.26 Å². The highest BCUT2D eigenvalue weighted by Gasteiger charge is 2.23. The van der Waals surface area contributed by atoms with Gasteiger partial charge in [-0.1, -0.05) is 0 Å². The normalized spacial score (nSPS) is 10.8. The van der Waals surface area contributed by atoms with Crippen molar-refractivity contribution in [3.05, 3.63) is 53.0 Å². The molecule has 0 saturated heterocycles. The summed E-state index contributed by atoms with van der Waals surface area (Å²) in [5.74, 6) is 2.19. The van der Waals surface area contributed by atoms with Gasteiger partial charge in [0, 0.05) is 10.4 Å². The predicted octanol–water partition coefficient (Wildman–Crippen LogP) is 5.13. The Morgan fingerprint density at radius 1 is 1.00 bits per heavy atom. The fourth-order valence-electron chi connectivity index (χ4n) is 3.61. The van der Waals surface area contributed by atoms with E-state index in [0.717, 1.165) is 43.8 Å². The van der Waals surface area contributed by atoms with Gasteiger partial charge in [0.05, 0.1) is 50.9 Å². The molecule has 0 bridgehead atoms. The van der Waals surface area contributed by atoms with Crippen LogP contribution in [0.15, 0.2) is 42.5 Å². The Kier molecular flexibility index (Phi) is 5.34. The lowest BCUT2D eigenvalue weighted by Gasteiger charge is -2.11. The Morgan fingerprint density at radius 3 is 2.33 bits per heavy atom. The molecule has 2 heterocycles. The van der Waals surface area contributed by atoms with Crippen molar-refractivity contribution in [2.45, 2.75) is 13.3 Å². The van der Waals surface area contributed by atoms with Crippen LogP contribution in [-0.2, 0) is 6.42 Å². The smallest absolute Gasteiger partial charge is 0.195 e. The van der Waals surface area contributed by atoms with Gasteiger partial charge in [-0.15, -0.1) is 11.3 Å². The van der Waals surface area contributed by atoms with Crippen LogP contribution in [0.25, 0.3) is 27.5 Å². The molecule has 0 aliphatic rings. The van der Waals surface area contributed by atoms with E-state index >= 15 is 0 Å². The second-order valence-electron chi connectivity index (χ2n) is 6.66. The van der Waals surface area contributed by atoms with Gasteiger partial charge in [-0.3, -0.25) is 4.40 Å². The molecule has 0 aliphatic carbocycles. The first kappa shape index (κ1) is 19.8. The number of aryl methyl sites for hydroxylation is 1. The summed E-state index contributed by atoms with van der Waals surface area (Å²) in [6.07, 6.45) is 0.218. The molecule has 6 nitrogen and oxygen atoms in total. The Morgan fingerprint density at radius 2 is 1.70 bits per heavy atom. The third-order valence-electron chi connectivity index (χ3n) is 5.02. The molecule has 2 aromatic carbocycles. The van der Waals surface area contributed by atoms with Crippen molar-refractivity contribution in [3.8, 4) is 45.8 Å². The molecule has 4 rings (SSSR count). The molecule has 2 aromatic heterocycles. The van der Waals surface area contributed by atoms with Gasteiger partial charge >= 0.3 is 0 Å². The summed E-state index contributed by atoms with van der Waals surface area (Å²) < 4.78 is 18.3. The minimum Gasteiger partial charge on any atom is -0.497 e. The number of thiazole rings is 1. The number of aromatic nitrogens is 2. The van der Waals surface area contributed by atoms with Gasteiger partial charge in [0.1, 0.15) is 17.2 Å². The average molecular weight is 420 g/mol. The highest BCUT2D eigenvalue weighted by atomic mass is 32.1. The minimum absolute atomic E-state index is 0.218. The van der Waals surface area contributed by atoms with Gasteiger partial charge in [0.15, 0.2) is 4.96 Å². The van der Waals surface area contributed by atoms with E-state index in [0.29, 0.717) is 11.5 Å². The number of imidazole rings is 1. The average Bonchev–Trinajstić information content (AvgIpc) is 3.28. The van der Waals surface area contributed by atoms with Crippen LogP contribution in [0.5, 0.6) is 17.2 Å². The molecule has 0 N–H and O–H groups in total. The van der Waals surface area contributed by atoms with E-state index in [-0.39, 0.29) is 6.42 Å². The highest BCUT2D eigenvalue weighted by molar-refractivity contribution is 7.17. The fourth-order valence-corrected chi connectivity index (χ4v) is 4.62. The Bertz CT molecular complexity index is 1250. The highest BCUT2D eigenvalue weighted by Crippen LogP contribution is 2.40. The number of hydrogen-bond donors (Lipinski definition) is 0. The van der Waals surface area contributed by atoms with Crippen LogP contribution in [0.2, 0.25) is 0 Å². The van der Waals surface area contributed by atoms with E-state index in [9.17, 15) is 5.26 Å². The number of benzene rings is 2. The van der Waals surface area contributed by atoms with E-state index in [1.807, 2.05) is 42.5 Å². The van der Waals surface area contributed by atoms with E-state index in [4.69, 9.17) is 19.2 Å². The van der Waals surface area contributed by atoms with Crippen LogP contribution < -0.4 is 14.2 Å². The Labute approximate surface area is 178 Å². The van der Waals surface area contributed by atoms with Crippen molar-refractivity contribution in [2.75, 3.05) is 21.3 Å². The first-order chi connectivity index (χ1) is 14.6. The molecular formula is C23H21N3O3S. The molecular weight excluding hydrogens is 398 g/mol. The number of nitriles is 1. The second kappa shape index (κ2) is 8.09. The predicted molar refractivity (Wildman–Crippen MR) is 118 cm³/mol. The summed E-state index contributed by atoms with van der Waals surface area (Å²) >= 11 is 1.60. The maximum Gasteiger partial charge on any atom is 0.195 e. The van der Waals surface area contributed by atoms with Crippen LogP contribution in [0.3, 0.4) is 0 Å². The Hall–Kier alpha value is -3.50. The second-order valence-corrected chi connectivity index (χ2v) is 7.84. The van der Waals surface area contributed by atoms with Crippen LogP contribution in [0.4, 0.5) is 0 Å². The molecule has 0 atom stereocenters. The van der Waals surface area contributed by atoms with Gasteiger partial charge in [-0.05, 0) is 55.0 Å². The molecule has 0 amide bonds. The lowest BCUT2D eigenvalue weighted by molar-refractivity contribution is 0.404. The van der Waals surface area contributed by atoms with E-state index < -0.39 is 0 Å². The third-order valence-corrected chi connectivity index (χ3v) is 5.97. The van der Waals surface area contributed by atoms with E-state index in [1.165, 1.54) is 0 Å². The van der Waals surface area contributed by atoms with E-state index in [1.54, 1.807) is 32.7 Å². The third kappa shape index (κ3) is 3.25. The van der Waals surface area contributed by atoms with Crippen molar-refractivity contribution < 1.29 is 14.2 Å². The zero-order valence-corrected chi connectivity index (χ0v) is 18.0. The minimum atomic E-state index is 0.218. The summed E-state index contributed by atoms with van der Waals surface area (Å²) in [7, 11) is 4.90. The lowest BCUT2D eigenvalue weighted by atomic mass is 10.1. The summed E-state index contributed by atoms with van der Waals surface area (Å²) in [4.78, 5) is 6.86. The van der Waals surface area contributed by atoms with Crippen molar-refractivity contribution in [1.82, 2.24) is 9.38 Å². The van der Waals surface area contributed by atoms with Crippen molar-refractivity contribution >= 4 is 16.3 Å². The number of nitrogens with zero attached hydrogens (tertiary/aromatic N) is 3. The molecule has 152 valence electrons. The number of hydrogen-bond acceptors (Lipinski definition) is 6. The van der Waals surface area contributed by atoms with Crippen molar-refractivity contribution in [3.63, 3.8) is 0 Å². The van der Waals surface area contributed by atoms with Crippen LogP contribution in [0, 0.1) is 18.3 Å². The first-order valence-corrected chi connectivity index (χ1v) is 10.2. The van der Waals surface area contributed by atoms with Gasteiger partial charge < -0.3 is 14.2 Å². The molecule has 0 fully saturated rings. The monoisotopic (exact) mass is 419 g/mol. The molecule has 0 aliphatic heterocycles. The van der Waals surface area contributed by atoms with Crippen molar-refractivity contribution in [2.24, 2.45) is 0 Å². The Balaban J connectivity index is 1.99. The molecule has 0 radical (unpaired) electrons. The largest absolute Gasteiger partial charge is 0.497 e. The van der Waals surface area contributed by atoms with Crippen molar-refractivity contribution in [1.29, 1.82) is 5.26 Å². The summed E-state index contributed by atoms with van der Waals surface area (Å²) in [6.45, 7) is 2.07. The summed E-state index contributed by atoms with van der Waals surface area (Å²) in [6, 6.07) is 15.8. The molecule has 4 aromatic rings. The number of fused-ring (bicyclic) bond motifs is 1. The molecule has 0 spiro atoms. The van der Waals surface area contributed by atoms with Crippen LogP contribution >= 0.6 is 11.3 Å². The zero-order valence-electron chi connectivity index (χ0n) is 17.2. The molecule has 0 saturated carbocycles. The van der Waals surface area contributed by atoms with E-state index in [2.05, 4.69) is 17.4 Å². The summed E-state index contributed by atoms with van der Waals surface area (Å²) in [5, 5.41) is 9.57. The van der Waals surface area contributed by atoms with Crippen LogP contribution in [-0.4, -0.2) is 30.7 Å². The molecule has 30 heavy (non-hydrogen) atoms. The summed E-state index contributed by atoms with van der Waals surface area (Å²) in [5.41, 5.74) is 4.43. The SMILES string of the molecule is COc1ccc(-c2c(C)sc3nc(-c4cc(OC)ccc4OC)c(CC#N)n23)cc1. The topological polar surface area (TPSA) is 68.8 Å². The molecule has 0 unspecified atom stereocenters. The van der Waals surface area contributed by atoms with Gasteiger partial charge in [0.2, 0.25) is 0 Å². The quantitative estimate of drug-likeness (QED) is 0.433. The number of methoxy groups -OCH3 is 3. The standard InChI is InChI=1S/C23H21N3O3S/c1-14-22(15-5-7-16(27-2)8-6-15)26-19(11-12-24)21(25-23(26)30-14)18-13-17(28-3)9-10-20(18)29-4/h5-10,13H,11H2,1-4H3. The number of rotatable bonds is 6. The van der Waals surface area contributed by atoms with Gasteiger partial charge in [-0.25, -0.2) is 4.98 Å². The van der Waals surface area contributed by atoms with Crippen LogP contribution in [0.1, 0.15) is 10.6 Å². The maximum atomic E-state index is 9.57. The maximum absolute atomic E-state index is 9.57. The zero-order chi connectivity index (χ0) is 21.3. The molecule has 7 heteroatoms. The lowest BCUT2D eigenvalue weighted by Crippen LogP contribution is -1.98. The first-order valence-electron chi connectivity index (χ1n) is 9.35.